The minimum absolute atomic E-state index is 0. The molecule has 1 heterocycles. The topological polar surface area (TPSA) is 58.8 Å². The van der Waals surface area contributed by atoms with E-state index in [1.807, 2.05) is 13.8 Å². The molecule has 0 saturated carbocycles. The highest BCUT2D eigenvalue weighted by Gasteiger charge is 2.27. The summed E-state index contributed by atoms with van der Waals surface area (Å²) in [6.07, 6.45) is 0. The van der Waals surface area contributed by atoms with E-state index in [1.165, 1.54) is 19.2 Å². The summed E-state index contributed by atoms with van der Waals surface area (Å²) in [6, 6.07) is 4.06. The zero-order valence-corrected chi connectivity index (χ0v) is 14.6. The van der Waals surface area contributed by atoms with Gasteiger partial charge in [-0.15, -0.1) is 12.4 Å². The van der Waals surface area contributed by atoms with Gasteiger partial charge in [-0.25, -0.2) is 4.39 Å². The maximum Gasteiger partial charge on any atom is 0.239 e. The number of anilines is 1. The predicted octanol–water partition coefficient (Wildman–Crippen LogP) is 1.89. The molecule has 0 unspecified atom stereocenters. The molecule has 1 amide bonds. The molecule has 130 valence electrons. The Hall–Kier alpha value is -1.53. The van der Waals surface area contributed by atoms with Crippen LogP contribution in [0.15, 0.2) is 18.2 Å². The molecule has 2 rings (SSSR count). The van der Waals surface area contributed by atoms with E-state index in [-0.39, 0.29) is 30.0 Å². The quantitative estimate of drug-likeness (QED) is 0.905. The molecule has 2 N–H and O–H groups in total. The number of rotatable bonds is 4. The number of carbonyl (C=O) groups excluding carboxylic acids is 1. The fourth-order valence-corrected chi connectivity index (χ4v) is 2.58. The van der Waals surface area contributed by atoms with Crippen LogP contribution in [0.1, 0.15) is 13.8 Å². The highest BCUT2D eigenvalue weighted by molar-refractivity contribution is 5.85. The molecular formula is C16H25ClFN3O2. The number of halogens is 2. The Morgan fingerprint density at radius 1 is 1.26 bits per heavy atom. The van der Waals surface area contributed by atoms with E-state index in [0.29, 0.717) is 31.9 Å². The van der Waals surface area contributed by atoms with Crippen LogP contribution < -0.4 is 15.4 Å². The van der Waals surface area contributed by atoms with E-state index >= 15 is 0 Å². The largest absolute Gasteiger partial charge is 0.494 e. The van der Waals surface area contributed by atoms with Crippen LogP contribution in [0.4, 0.5) is 10.1 Å². The van der Waals surface area contributed by atoms with Gasteiger partial charge in [-0.1, -0.05) is 13.8 Å². The summed E-state index contributed by atoms with van der Waals surface area (Å²) in [5.41, 5.74) is 6.78. The van der Waals surface area contributed by atoms with E-state index in [2.05, 4.69) is 4.90 Å². The average Bonchev–Trinajstić information content (AvgIpc) is 2.53. The van der Waals surface area contributed by atoms with E-state index in [4.69, 9.17) is 10.5 Å². The number of benzene rings is 1. The summed E-state index contributed by atoms with van der Waals surface area (Å²) < 4.78 is 18.5. The van der Waals surface area contributed by atoms with Crippen molar-refractivity contribution in [2.75, 3.05) is 38.2 Å². The number of nitrogens with zero attached hydrogens (tertiary/aromatic N) is 2. The number of amides is 1. The van der Waals surface area contributed by atoms with Gasteiger partial charge in [-0.2, -0.15) is 0 Å². The van der Waals surface area contributed by atoms with Gasteiger partial charge in [0.15, 0.2) is 0 Å². The van der Waals surface area contributed by atoms with Gasteiger partial charge >= 0.3 is 0 Å². The Bertz CT molecular complexity index is 534. The van der Waals surface area contributed by atoms with E-state index < -0.39 is 6.04 Å². The van der Waals surface area contributed by atoms with Crippen LogP contribution in [0.2, 0.25) is 0 Å². The highest BCUT2D eigenvalue weighted by Crippen LogP contribution is 2.29. The van der Waals surface area contributed by atoms with Gasteiger partial charge in [0.1, 0.15) is 11.6 Å². The number of hydrogen-bond acceptors (Lipinski definition) is 4. The van der Waals surface area contributed by atoms with Gasteiger partial charge in [-0.05, 0) is 18.1 Å². The summed E-state index contributed by atoms with van der Waals surface area (Å²) >= 11 is 0. The summed E-state index contributed by atoms with van der Waals surface area (Å²) in [4.78, 5) is 16.2. The zero-order valence-electron chi connectivity index (χ0n) is 13.8. The van der Waals surface area contributed by atoms with Crippen molar-refractivity contribution in [3.8, 4) is 5.75 Å². The van der Waals surface area contributed by atoms with Crippen LogP contribution in [0.5, 0.6) is 5.75 Å². The lowest BCUT2D eigenvalue weighted by atomic mass is 10.0. The Labute approximate surface area is 143 Å². The Kier molecular flexibility index (Phi) is 7.09. The number of carbonyl (C=O) groups is 1. The van der Waals surface area contributed by atoms with Crippen molar-refractivity contribution in [1.82, 2.24) is 4.90 Å². The van der Waals surface area contributed by atoms with Crippen molar-refractivity contribution < 1.29 is 13.9 Å². The molecule has 5 nitrogen and oxygen atoms in total. The molecule has 1 fully saturated rings. The molecule has 1 aliphatic rings. The van der Waals surface area contributed by atoms with Gasteiger partial charge < -0.3 is 20.3 Å². The second-order valence-corrected chi connectivity index (χ2v) is 5.90. The Morgan fingerprint density at radius 2 is 1.87 bits per heavy atom. The van der Waals surface area contributed by atoms with Crippen LogP contribution in [0.3, 0.4) is 0 Å². The van der Waals surface area contributed by atoms with Gasteiger partial charge in [0.05, 0.1) is 18.8 Å². The smallest absolute Gasteiger partial charge is 0.239 e. The molecular weight excluding hydrogens is 321 g/mol. The molecule has 0 aliphatic carbocycles. The monoisotopic (exact) mass is 345 g/mol. The van der Waals surface area contributed by atoms with Crippen LogP contribution in [-0.4, -0.2) is 50.1 Å². The first-order valence-electron chi connectivity index (χ1n) is 7.57. The normalized spacial score (nSPS) is 16.1. The van der Waals surface area contributed by atoms with Gasteiger partial charge in [0.2, 0.25) is 5.91 Å². The first kappa shape index (κ1) is 19.5. The van der Waals surface area contributed by atoms with Crippen molar-refractivity contribution in [2.45, 2.75) is 19.9 Å². The first-order valence-corrected chi connectivity index (χ1v) is 7.57. The molecule has 7 heteroatoms. The van der Waals surface area contributed by atoms with Crippen molar-refractivity contribution in [3.63, 3.8) is 0 Å². The van der Waals surface area contributed by atoms with E-state index in [9.17, 15) is 9.18 Å². The van der Waals surface area contributed by atoms with Crippen molar-refractivity contribution in [1.29, 1.82) is 0 Å². The molecule has 1 aromatic rings. The third kappa shape index (κ3) is 4.48. The molecule has 1 aromatic carbocycles. The highest BCUT2D eigenvalue weighted by atomic mass is 35.5. The fourth-order valence-electron chi connectivity index (χ4n) is 2.58. The summed E-state index contributed by atoms with van der Waals surface area (Å²) in [5, 5.41) is 0. The van der Waals surface area contributed by atoms with Gasteiger partial charge in [-0.3, -0.25) is 4.79 Å². The average molecular weight is 346 g/mol. The lowest BCUT2D eigenvalue weighted by molar-refractivity contribution is -0.133. The maximum atomic E-state index is 13.3. The van der Waals surface area contributed by atoms with E-state index in [0.717, 1.165) is 5.69 Å². The number of ether oxygens (including phenoxy) is 1. The Balaban J connectivity index is 0.00000264. The summed E-state index contributed by atoms with van der Waals surface area (Å²) in [5.74, 6) is 0.319. The molecule has 0 aromatic heterocycles. The fraction of sp³-hybridized carbons (Fsp3) is 0.562. The minimum Gasteiger partial charge on any atom is -0.494 e. The van der Waals surface area contributed by atoms with Crippen LogP contribution in [-0.2, 0) is 4.79 Å². The van der Waals surface area contributed by atoms with Gasteiger partial charge in [0, 0.05) is 32.2 Å². The number of nitrogens with two attached hydrogens (primary N) is 1. The van der Waals surface area contributed by atoms with Crippen LogP contribution in [0.25, 0.3) is 0 Å². The molecule has 1 aliphatic heterocycles. The second kappa shape index (κ2) is 8.36. The third-order valence-electron chi connectivity index (χ3n) is 4.08. The van der Waals surface area contributed by atoms with Crippen molar-refractivity contribution in [3.05, 3.63) is 24.0 Å². The number of piperazine rings is 1. The first-order chi connectivity index (χ1) is 10.4. The van der Waals surface area contributed by atoms with Crippen LogP contribution in [0, 0.1) is 11.7 Å². The van der Waals surface area contributed by atoms with E-state index in [1.54, 1.807) is 11.0 Å². The molecule has 0 spiro atoms. The lowest BCUT2D eigenvalue weighted by Crippen LogP contribution is -2.54. The number of methoxy groups -OCH3 is 1. The van der Waals surface area contributed by atoms with Crippen molar-refractivity contribution >= 4 is 24.0 Å². The van der Waals surface area contributed by atoms with Crippen LogP contribution >= 0.6 is 12.4 Å². The minimum atomic E-state index is -0.452. The molecule has 0 radical (unpaired) electrons. The summed E-state index contributed by atoms with van der Waals surface area (Å²) in [7, 11) is 1.53. The lowest BCUT2D eigenvalue weighted by Gasteiger charge is -2.38. The Morgan fingerprint density at radius 3 is 2.39 bits per heavy atom. The molecule has 1 saturated heterocycles. The summed E-state index contributed by atoms with van der Waals surface area (Å²) in [6.45, 7) is 6.47. The second-order valence-electron chi connectivity index (χ2n) is 5.90. The predicted molar refractivity (Wildman–Crippen MR) is 91.8 cm³/mol. The third-order valence-corrected chi connectivity index (χ3v) is 4.08. The number of hydrogen-bond donors (Lipinski definition) is 1. The standard InChI is InChI=1S/C16H24FN3O2.ClH/c1-11(2)15(18)16(21)20-8-6-19(7-9-20)13-5-4-12(17)10-14(13)22-3;/h4-5,10-11,15H,6-9,18H2,1-3H3;1H/t15-;/m0./s1. The molecule has 0 bridgehead atoms. The maximum absolute atomic E-state index is 13.3. The zero-order chi connectivity index (χ0) is 16.3. The molecule has 1 atom stereocenters. The SMILES string of the molecule is COc1cc(F)ccc1N1CCN(C(=O)[C@@H](N)C(C)C)CC1.Cl. The van der Waals surface area contributed by atoms with Crippen molar-refractivity contribution in [2.24, 2.45) is 11.7 Å². The van der Waals surface area contributed by atoms with Gasteiger partial charge in [0.25, 0.3) is 0 Å². The molecule has 23 heavy (non-hydrogen) atoms.